The van der Waals surface area contributed by atoms with Gasteiger partial charge in [-0.15, -0.1) is 10.2 Å². The molecule has 0 fully saturated rings. The molecule has 2 aromatic heterocycles. The number of aromatic nitrogens is 4. The maximum absolute atomic E-state index is 12.3. The molecule has 0 aliphatic carbocycles. The van der Waals surface area contributed by atoms with E-state index in [2.05, 4.69) is 20.6 Å². The maximum Gasteiger partial charge on any atom is 0.234 e. The molecular weight excluding hydrogens is 386 g/mol. The number of carbonyl (C=O) groups is 1. The van der Waals surface area contributed by atoms with Crippen molar-refractivity contribution in [2.24, 2.45) is 0 Å². The Labute approximate surface area is 172 Å². The molecular formula is C21H19N5O2S. The van der Waals surface area contributed by atoms with Crippen molar-refractivity contribution in [3.8, 4) is 17.1 Å². The quantitative estimate of drug-likeness (QED) is 0.491. The minimum Gasteiger partial charge on any atom is -0.497 e. The fourth-order valence-electron chi connectivity index (χ4n) is 2.77. The summed E-state index contributed by atoms with van der Waals surface area (Å²) in [5.41, 5.74) is 3.46. The molecule has 4 rings (SSSR count). The van der Waals surface area contributed by atoms with Gasteiger partial charge in [0.05, 0.1) is 12.9 Å². The van der Waals surface area contributed by atoms with E-state index in [1.165, 1.54) is 17.3 Å². The average Bonchev–Trinajstić information content (AvgIpc) is 3.16. The van der Waals surface area contributed by atoms with Gasteiger partial charge in [-0.1, -0.05) is 47.7 Å². The summed E-state index contributed by atoms with van der Waals surface area (Å²) in [6.45, 7) is 2.04. The van der Waals surface area contributed by atoms with Gasteiger partial charge in [0.1, 0.15) is 10.8 Å². The fourth-order valence-corrected chi connectivity index (χ4v) is 3.42. The van der Waals surface area contributed by atoms with Crippen LogP contribution in [0.15, 0.2) is 65.7 Å². The molecule has 2 aromatic carbocycles. The predicted molar refractivity (Wildman–Crippen MR) is 113 cm³/mol. The van der Waals surface area contributed by atoms with Gasteiger partial charge < -0.3 is 10.1 Å². The van der Waals surface area contributed by atoms with Crippen molar-refractivity contribution >= 4 is 29.0 Å². The summed E-state index contributed by atoms with van der Waals surface area (Å²) in [6, 6.07) is 19.0. The molecule has 0 aliphatic heterocycles. The summed E-state index contributed by atoms with van der Waals surface area (Å²) in [7, 11) is 1.59. The highest BCUT2D eigenvalue weighted by Gasteiger charge is 2.11. The second-order valence-electron chi connectivity index (χ2n) is 6.40. The molecule has 7 nitrogen and oxygen atoms in total. The summed E-state index contributed by atoms with van der Waals surface area (Å²) in [6.07, 6.45) is 0. The van der Waals surface area contributed by atoms with Crippen molar-refractivity contribution in [2.45, 2.75) is 11.9 Å². The average molecular weight is 405 g/mol. The van der Waals surface area contributed by atoms with Crippen LogP contribution in [0.5, 0.6) is 5.75 Å². The van der Waals surface area contributed by atoms with E-state index in [4.69, 9.17) is 4.74 Å². The lowest BCUT2D eigenvalue weighted by molar-refractivity contribution is -0.113. The van der Waals surface area contributed by atoms with E-state index in [1.807, 2.05) is 61.5 Å². The zero-order valence-corrected chi connectivity index (χ0v) is 16.8. The van der Waals surface area contributed by atoms with Crippen LogP contribution in [0, 0.1) is 6.92 Å². The first-order chi connectivity index (χ1) is 14.1. The number of aryl methyl sites for hydroxylation is 1. The number of methoxy groups -OCH3 is 1. The molecule has 0 atom stereocenters. The third-order valence-corrected chi connectivity index (χ3v) is 5.17. The van der Waals surface area contributed by atoms with Crippen LogP contribution in [0.1, 0.15) is 5.56 Å². The molecule has 0 spiro atoms. The van der Waals surface area contributed by atoms with E-state index < -0.39 is 0 Å². The Morgan fingerprint density at radius 2 is 1.93 bits per heavy atom. The molecule has 0 bridgehead atoms. The van der Waals surface area contributed by atoms with Crippen molar-refractivity contribution in [3.05, 3.63) is 66.2 Å². The number of fused-ring (bicyclic) bond motifs is 1. The maximum atomic E-state index is 12.3. The Kier molecular flexibility index (Phi) is 5.44. The van der Waals surface area contributed by atoms with Gasteiger partial charge in [0.15, 0.2) is 11.5 Å². The lowest BCUT2D eigenvalue weighted by Gasteiger charge is -2.07. The predicted octanol–water partition coefficient (Wildman–Crippen LogP) is 3.84. The third kappa shape index (κ3) is 4.38. The van der Waals surface area contributed by atoms with Crippen molar-refractivity contribution in [1.82, 2.24) is 19.8 Å². The number of thioether (sulfide) groups is 1. The Bertz CT molecular complexity index is 1160. The second-order valence-corrected chi connectivity index (χ2v) is 7.40. The highest BCUT2D eigenvalue weighted by Crippen LogP contribution is 2.22. The normalized spacial score (nSPS) is 10.8. The van der Waals surface area contributed by atoms with Crippen LogP contribution in [0.4, 0.5) is 5.69 Å². The van der Waals surface area contributed by atoms with Gasteiger partial charge in [-0.3, -0.25) is 4.79 Å². The van der Waals surface area contributed by atoms with E-state index in [0.717, 1.165) is 5.56 Å². The van der Waals surface area contributed by atoms with Crippen LogP contribution in [-0.2, 0) is 4.79 Å². The SMILES string of the molecule is COc1cccc(NC(=O)CSc2ccc3nnc(-c4ccc(C)cc4)n3n2)c1. The summed E-state index contributed by atoms with van der Waals surface area (Å²) in [5.74, 6) is 1.48. The highest BCUT2D eigenvalue weighted by molar-refractivity contribution is 7.99. The summed E-state index contributed by atoms with van der Waals surface area (Å²) < 4.78 is 6.87. The van der Waals surface area contributed by atoms with Crippen molar-refractivity contribution in [1.29, 1.82) is 0 Å². The largest absolute Gasteiger partial charge is 0.497 e. The van der Waals surface area contributed by atoms with E-state index in [-0.39, 0.29) is 11.7 Å². The van der Waals surface area contributed by atoms with Crippen molar-refractivity contribution in [3.63, 3.8) is 0 Å². The Balaban J connectivity index is 1.47. The number of nitrogens with zero attached hydrogens (tertiary/aromatic N) is 4. The smallest absolute Gasteiger partial charge is 0.234 e. The molecule has 2 heterocycles. The molecule has 0 unspecified atom stereocenters. The van der Waals surface area contributed by atoms with Crippen molar-refractivity contribution < 1.29 is 9.53 Å². The molecule has 0 saturated carbocycles. The van der Waals surface area contributed by atoms with E-state index >= 15 is 0 Å². The zero-order chi connectivity index (χ0) is 20.2. The van der Waals surface area contributed by atoms with Crippen LogP contribution in [0.2, 0.25) is 0 Å². The molecule has 0 radical (unpaired) electrons. The molecule has 1 N–H and O–H groups in total. The fraction of sp³-hybridized carbons (Fsp3) is 0.143. The number of ether oxygens (including phenoxy) is 1. The van der Waals surface area contributed by atoms with Crippen LogP contribution < -0.4 is 10.1 Å². The number of benzene rings is 2. The second kappa shape index (κ2) is 8.32. The van der Waals surface area contributed by atoms with E-state index in [1.54, 1.807) is 17.7 Å². The minimum absolute atomic E-state index is 0.118. The number of nitrogens with one attached hydrogen (secondary N) is 1. The number of rotatable bonds is 6. The van der Waals surface area contributed by atoms with Crippen LogP contribution in [0.25, 0.3) is 17.0 Å². The first-order valence-electron chi connectivity index (χ1n) is 8.98. The molecule has 0 aliphatic rings. The van der Waals surface area contributed by atoms with Crippen LogP contribution in [-0.4, -0.2) is 38.6 Å². The zero-order valence-electron chi connectivity index (χ0n) is 16.0. The third-order valence-electron chi connectivity index (χ3n) is 4.25. The number of anilines is 1. The van der Waals surface area contributed by atoms with Crippen LogP contribution >= 0.6 is 11.8 Å². The van der Waals surface area contributed by atoms with Gasteiger partial charge in [-0.25, -0.2) is 0 Å². The number of amides is 1. The number of carbonyl (C=O) groups excluding carboxylic acids is 1. The molecule has 4 aromatic rings. The van der Waals surface area contributed by atoms with Crippen molar-refractivity contribution in [2.75, 3.05) is 18.2 Å². The molecule has 0 saturated heterocycles. The van der Waals surface area contributed by atoms with E-state index in [9.17, 15) is 4.79 Å². The first kappa shape index (κ1) is 18.9. The van der Waals surface area contributed by atoms with E-state index in [0.29, 0.717) is 27.9 Å². The van der Waals surface area contributed by atoms with Crippen LogP contribution in [0.3, 0.4) is 0 Å². The minimum atomic E-state index is -0.118. The van der Waals surface area contributed by atoms with Gasteiger partial charge in [-0.05, 0) is 31.2 Å². The highest BCUT2D eigenvalue weighted by atomic mass is 32.2. The molecule has 146 valence electrons. The molecule has 1 amide bonds. The standard InChI is InChI=1S/C21H19N5O2S/c1-14-6-8-15(9-7-14)21-24-23-18-10-11-20(25-26(18)21)29-13-19(27)22-16-4-3-5-17(12-16)28-2/h3-12H,13H2,1-2H3,(H,22,27). The first-order valence-corrected chi connectivity index (χ1v) is 9.97. The van der Waals surface area contributed by atoms with Gasteiger partial charge in [0.2, 0.25) is 5.91 Å². The summed E-state index contributed by atoms with van der Waals surface area (Å²) in [5, 5.41) is 16.6. The Morgan fingerprint density at radius 1 is 1.10 bits per heavy atom. The number of hydrogen-bond donors (Lipinski definition) is 1. The Hall–Kier alpha value is -3.39. The Morgan fingerprint density at radius 3 is 2.72 bits per heavy atom. The molecule has 29 heavy (non-hydrogen) atoms. The van der Waals surface area contributed by atoms with Gasteiger partial charge >= 0.3 is 0 Å². The van der Waals surface area contributed by atoms with Gasteiger partial charge in [0, 0.05) is 17.3 Å². The number of hydrogen-bond acceptors (Lipinski definition) is 6. The lowest BCUT2D eigenvalue weighted by Crippen LogP contribution is -2.14. The molecule has 8 heteroatoms. The van der Waals surface area contributed by atoms with Gasteiger partial charge in [-0.2, -0.15) is 9.61 Å². The topological polar surface area (TPSA) is 81.4 Å². The lowest BCUT2D eigenvalue weighted by atomic mass is 10.1. The monoisotopic (exact) mass is 405 g/mol. The summed E-state index contributed by atoms with van der Waals surface area (Å²) in [4.78, 5) is 12.3. The summed E-state index contributed by atoms with van der Waals surface area (Å²) >= 11 is 1.35. The van der Waals surface area contributed by atoms with Gasteiger partial charge in [0.25, 0.3) is 0 Å².